The zero-order valence-electron chi connectivity index (χ0n) is 16.3. The van der Waals surface area contributed by atoms with Crippen molar-refractivity contribution in [2.45, 2.75) is 25.5 Å². The highest BCUT2D eigenvalue weighted by molar-refractivity contribution is 8.15. The zero-order valence-corrected chi connectivity index (χ0v) is 17.1. The Hall–Kier alpha value is -3.19. The minimum Gasteiger partial charge on any atom is -0.326 e. The van der Waals surface area contributed by atoms with Crippen LogP contribution in [0.3, 0.4) is 0 Å². The fraction of sp³-hybridized carbons (Fsp3) is 0.182. The quantitative estimate of drug-likeness (QED) is 0.563. The molecule has 1 aliphatic rings. The van der Waals surface area contributed by atoms with Crippen molar-refractivity contribution < 1.29 is 9.59 Å². The van der Waals surface area contributed by atoms with Gasteiger partial charge in [-0.05, 0) is 42.7 Å². The summed E-state index contributed by atoms with van der Waals surface area (Å²) in [7, 11) is 0. The van der Waals surface area contributed by atoms with Gasteiger partial charge in [0.05, 0.1) is 0 Å². The molecule has 0 bridgehead atoms. The molecular weight excluding hydrogens is 384 g/mol. The summed E-state index contributed by atoms with van der Waals surface area (Å²) >= 11 is 1.21. The highest BCUT2D eigenvalue weighted by Crippen LogP contribution is 2.24. The zero-order chi connectivity index (χ0) is 20.6. The lowest BCUT2D eigenvalue weighted by Gasteiger charge is -2.11. The number of anilines is 1. The van der Waals surface area contributed by atoms with E-state index >= 15 is 0 Å². The Balaban J connectivity index is 1.52. The van der Waals surface area contributed by atoms with Gasteiger partial charge < -0.3 is 10.6 Å². The van der Waals surface area contributed by atoms with E-state index in [0.29, 0.717) is 5.17 Å². The van der Waals surface area contributed by atoms with Gasteiger partial charge in [0.15, 0.2) is 5.17 Å². The molecule has 1 unspecified atom stereocenters. The van der Waals surface area contributed by atoms with E-state index in [4.69, 9.17) is 0 Å². The Labute approximate surface area is 174 Å². The third-order valence-corrected chi connectivity index (χ3v) is 5.49. The van der Waals surface area contributed by atoms with Crippen LogP contribution in [-0.4, -0.2) is 28.4 Å². The van der Waals surface area contributed by atoms with Crippen LogP contribution in [-0.2, 0) is 9.59 Å². The van der Waals surface area contributed by atoms with E-state index in [1.807, 2.05) is 68.5 Å². The van der Waals surface area contributed by atoms with E-state index in [2.05, 4.69) is 20.8 Å². The predicted octanol–water partition coefficient (Wildman–Crippen LogP) is 3.92. The summed E-state index contributed by atoms with van der Waals surface area (Å²) in [5, 5.41) is 13.4. The molecule has 2 N–H and O–H groups in total. The van der Waals surface area contributed by atoms with Crippen LogP contribution in [0.2, 0.25) is 0 Å². The maximum absolute atomic E-state index is 12.3. The first-order valence-electron chi connectivity index (χ1n) is 9.19. The first kappa shape index (κ1) is 20.5. The van der Waals surface area contributed by atoms with Gasteiger partial charge in [-0.1, -0.05) is 60.3 Å². The molecule has 2 aromatic rings. The van der Waals surface area contributed by atoms with Crippen LogP contribution in [0.5, 0.6) is 0 Å². The largest absolute Gasteiger partial charge is 0.326 e. The van der Waals surface area contributed by atoms with Gasteiger partial charge in [0, 0.05) is 18.3 Å². The highest BCUT2D eigenvalue weighted by atomic mass is 32.2. The molecule has 1 saturated heterocycles. The SMILES string of the molecule is Cc1cccc(NC(=O)CC2S/C(=N/N=C\C=C\c3ccccc3)NC2=O)c1C. The van der Waals surface area contributed by atoms with Crippen molar-refractivity contribution in [2.24, 2.45) is 10.2 Å². The number of thioether (sulfide) groups is 1. The molecular formula is C22H22N4O2S. The standard InChI is InChI=1S/C22H22N4O2S/c1-15-8-6-12-18(16(15)2)24-20(27)14-19-21(28)25-22(29-19)26-23-13-7-11-17-9-4-3-5-10-17/h3-13,19H,14H2,1-2H3,(H,24,27)(H,25,26,28)/b11-7+,23-13-. The molecule has 148 valence electrons. The van der Waals surface area contributed by atoms with E-state index in [1.165, 1.54) is 11.8 Å². The average molecular weight is 407 g/mol. The molecule has 0 spiro atoms. The number of carbonyl (C=O) groups excluding carboxylic acids is 2. The van der Waals surface area contributed by atoms with Crippen LogP contribution in [0.15, 0.2) is 64.8 Å². The third-order valence-electron chi connectivity index (χ3n) is 4.42. The Morgan fingerprint density at radius 1 is 1.17 bits per heavy atom. The van der Waals surface area contributed by atoms with Gasteiger partial charge in [-0.3, -0.25) is 9.59 Å². The van der Waals surface area contributed by atoms with Crippen molar-refractivity contribution in [2.75, 3.05) is 5.32 Å². The van der Waals surface area contributed by atoms with E-state index in [9.17, 15) is 9.59 Å². The number of aryl methyl sites for hydroxylation is 1. The summed E-state index contributed by atoms with van der Waals surface area (Å²) in [5.74, 6) is -0.443. The number of amidine groups is 1. The minimum absolute atomic E-state index is 0.0700. The molecule has 3 rings (SSSR count). The predicted molar refractivity (Wildman–Crippen MR) is 120 cm³/mol. The summed E-state index contributed by atoms with van der Waals surface area (Å²) in [6.45, 7) is 3.94. The Bertz CT molecular complexity index is 984. The number of nitrogens with zero attached hydrogens (tertiary/aromatic N) is 2. The molecule has 1 atom stereocenters. The molecule has 29 heavy (non-hydrogen) atoms. The molecule has 6 nitrogen and oxygen atoms in total. The van der Waals surface area contributed by atoms with Crippen LogP contribution >= 0.6 is 11.8 Å². The molecule has 7 heteroatoms. The maximum Gasteiger partial charge on any atom is 0.240 e. The second-order valence-corrected chi connectivity index (χ2v) is 7.73. The van der Waals surface area contributed by atoms with Crippen LogP contribution in [0, 0.1) is 13.8 Å². The first-order valence-corrected chi connectivity index (χ1v) is 10.1. The molecule has 2 amide bonds. The fourth-order valence-electron chi connectivity index (χ4n) is 2.69. The molecule has 1 fully saturated rings. The normalized spacial score (nSPS) is 17.9. The topological polar surface area (TPSA) is 82.9 Å². The Kier molecular flexibility index (Phi) is 6.97. The number of benzene rings is 2. The Morgan fingerprint density at radius 2 is 1.97 bits per heavy atom. The molecule has 0 aromatic heterocycles. The van der Waals surface area contributed by atoms with Crippen molar-refractivity contribution in [1.29, 1.82) is 0 Å². The van der Waals surface area contributed by atoms with Crippen molar-refractivity contribution in [3.63, 3.8) is 0 Å². The molecule has 2 aromatic carbocycles. The van der Waals surface area contributed by atoms with Gasteiger partial charge in [0.1, 0.15) is 5.25 Å². The summed E-state index contributed by atoms with van der Waals surface area (Å²) in [6.07, 6.45) is 5.30. The summed E-state index contributed by atoms with van der Waals surface area (Å²) < 4.78 is 0. The summed E-state index contributed by atoms with van der Waals surface area (Å²) in [5.41, 5.74) is 3.95. The molecule has 0 saturated carbocycles. The third kappa shape index (κ3) is 5.89. The van der Waals surface area contributed by atoms with E-state index in [0.717, 1.165) is 22.4 Å². The van der Waals surface area contributed by atoms with Crippen LogP contribution in [0.4, 0.5) is 5.69 Å². The molecule has 0 aliphatic carbocycles. The van der Waals surface area contributed by atoms with Crippen LogP contribution in [0.25, 0.3) is 6.08 Å². The van der Waals surface area contributed by atoms with Crippen molar-refractivity contribution in [1.82, 2.24) is 5.32 Å². The van der Waals surface area contributed by atoms with Gasteiger partial charge in [-0.15, -0.1) is 5.10 Å². The average Bonchev–Trinajstić information content (AvgIpc) is 3.05. The van der Waals surface area contributed by atoms with Gasteiger partial charge in [-0.2, -0.15) is 5.10 Å². The summed E-state index contributed by atoms with van der Waals surface area (Å²) in [4.78, 5) is 24.4. The number of hydrogen-bond donors (Lipinski definition) is 2. The first-order chi connectivity index (χ1) is 14.0. The number of allylic oxidation sites excluding steroid dienone is 1. The van der Waals surface area contributed by atoms with E-state index < -0.39 is 5.25 Å². The lowest BCUT2D eigenvalue weighted by atomic mass is 10.1. The number of carbonyl (C=O) groups is 2. The van der Waals surface area contributed by atoms with Gasteiger partial charge in [0.2, 0.25) is 11.8 Å². The second-order valence-electron chi connectivity index (χ2n) is 6.54. The van der Waals surface area contributed by atoms with E-state index in [-0.39, 0.29) is 18.2 Å². The highest BCUT2D eigenvalue weighted by Gasteiger charge is 2.32. The maximum atomic E-state index is 12.3. The smallest absolute Gasteiger partial charge is 0.240 e. The molecule has 1 aliphatic heterocycles. The monoisotopic (exact) mass is 406 g/mol. The number of rotatable bonds is 6. The van der Waals surface area contributed by atoms with Crippen molar-refractivity contribution in [3.8, 4) is 0 Å². The molecule has 1 heterocycles. The van der Waals surface area contributed by atoms with Crippen molar-refractivity contribution in [3.05, 3.63) is 71.3 Å². The number of hydrogen-bond acceptors (Lipinski definition) is 5. The van der Waals surface area contributed by atoms with Crippen LogP contribution in [0.1, 0.15) is 23.1 Å². The second kappa shape index (κ2) is 9.84. The molecule has 0 radical (unpaired) electrons. The lowest BCUT2D eigenvalue weighted by Crippen LogP contribution is -2.28. The number of nitrogens with one attached hydrogen (secondary N) is 2. The van der Waals surface area contributed by atoms with E-state index in [1.54, 1.807) is 12.3 Å². The van der Waals surface area contributed by atoms with Crippen LogP contribution < -0.4 is 10.6 Å². The fourth-order valence-corrected chi connectivity index (χ4v) is 3.61. The minimum atomic E-state index is -0.520. The van der Waals surface area contributed by atoms with Gasteiger partial charge in [0.25, 0.3) is 0 Å². The summed E-state index contributed by atoms with van der Waals surface area (Å²) in [6, 6.07) is 15.6. The number of amides is 2. The van der Waals surface area contributed by atoms with Crippen molar-refractivity contribution >= 4 is 46.7 Å². The van der Waals surface area contributed by atoms with Gasteiger partial charge in [-0.25, -0.2) is 0 Å². The van der Waals surface area contributed by atoms with Gasteiger partial charge >= 0.3 is 0 Å². The lowest BCUT2D eigenvalue weighted by molar-refractivity contribution is -0.122. The Morgan fingerprint density at radius 3 is 2.76 bits per heavy atom.